The largest absolute Gasteiger partial charge is 0.384 e. The summed E-state index contributed by atoms with van der Waals surface area (Å²) >= 11 is 0. The van der Waals surface area contributed by atoms with Crippen LogP contribution in [0.2, 0.25) is 0 Å². The van der Waals surface area contributed by atoms with Crippen molar-refractivity contribution in [3.05, 3.63) is 24.3 Å². The second kappa shape index (κ2) is 7.35. The predicted octanol–water partition coefficient (Wildman–Crippen LogP) is 1.14. The van der Waals surface area contributed by atoms with E-state index in [9.17, 15) is 8.42 Å². The number of nitrogens with two attached hydrogens (primary N) is 1. The first kappa shape index (κ1) is 14.9. The van der Waals surface area contributed by atoms with E-state index in [0.717, 1.165) is 25.8 Å². The van der Waals surface area contributed by atoms with Crippen LogP contribution >= 0.6 is 0 Å². The number of benzene rings is 1. The van der Waals surface area contributed by atoms with Crippen molar-refractivity contribution in [2.75, 3.05) is 25.5 Å². The SMILES string of the molecule is CNS(=O)(=O)c1ccccc1NCCCCCN. The van der Waals surface area contributed by atoms with Crippen LogP contribution in [0, 0.1) is 0 Å². The van der Waals surface area contributed by atoms with Crippen LogP contribution in [-0.2, 0) is 10.0 Å². The molecule has 1 rings (SSSR count). The third kappa shape index (κ3) is 4.29. The maximum absolute atomic E-state index is 11.8. The van der Waals surface area contributed by atoms with Crippen LogP contribution in [0.25, 0.3) is 0 Å². The first-order valence-electron chi connectivity index (χ1n) is 6.08. The average Bonchev–Trinajstić information content (AvgIpc) is 2.39. The van der Waals surface area contributed by atoms with Crippen molar-refractivity contribution in [2.45, 2.75) is 24.2 Å². The van der Waals surface area contributed by atoms with Crippen molar-refractivity contribution < 1.29 is 8.42 Å². The Morgan fingerprint density at radius 3 is 2.56 bits per heavy atom. The van der Waals surface area contributed by atoms with Gasteiger partial charge in [0.1, 0.15) is 4.90 Å². The van der Waals surface area contributed by atoms with Gasteiger partial charge in [-0.25, -0.2) is 13.1 Å². The van der Waals surface area contributed by atoms with Gasteiger partial charge in [-0.15, -0.1) is 0 Å². The van der Waals surface area contributed by atoms with Gasteiger partial charge in [0, 0.05) is 6.54 Å². The zero-order valence-electron chi connectivity index (χ0n) is 10.6. The fourth-order valence-corrected chi connectivity index (χ4v) is 2.53. The number of nitrogens with one attached hydrogen (secondary N) is 2. The maximum atomic E-state index is 11.8. The van der Waals surface area contributed by atoms with Gasteiger partial charge in [-0.3, -0.25) is 0 Å². The van der Waals surface area contributed by atoms with E-state index in [-0.39, 0.29) is 4.90 Å². The molecule has 0 atom stereocenters. The van der Waals surface area contributed by atoms with E-state index in [2.05, 4.69) is 10.0 Å². The Kier molecular flexibility index (Phi) is 6.11. The molecule has 102 valence electrons. The summed E-state index contributed by atoms with van der Waals surface area (Å²) in [5, 5.41) is 3.15. The average molecular weight is 271 g/mol. The highest BCUT2D eigenvalue weighted by atomic mass is 32.2. The van der Waals surface area contributed by atoms with Gasteiger partial charge in [0.05, 0.1) is 5.69 Å². The van der Waals surface area contributed by atoms with E-state index < -0.39 is 10.0 Å². The van der Waals surface area contributed by atoms with E-state index in [1.807, 2.05) is 6.07 Å². The molecule has 0 bridgehead atoms. The lowest BCUT2D eigenvalue weighted by atomic mass is 10.2. The van der Waals surface area contributed by atoms with Gasteiger partial charge < -0.3 is 11.1 Å². The molecule has 0 saturated heterocycles. The van der Waals surface area contributed by atoms with Crippen molar-refractivity contribution in [1.29, 1.82) is 0 Å². The third-order valence-electron chi connectivity index (χ3n) is 2.64. The molecule has 0 aliphatic rings. The minimum Gasteiger partial charge on any atom is -0.384 e. The van der Waals surface area contributed by atoms with Gasteiger partial charge in [-0.2, -0.15) is 0 Å². The lowest BCUT2D eigenvalue weighted by Gasteiger charge is -2.11. The normalized spacial score (nSPS) is 11.4. The molecule has 6 heteroatoms. The summed E-state index contributed by atoms with van der Waals surface area (Å²) in [7, 11) is -2.00. The highest BCUT2D eigenvalue weighted by Gasteiger charge is 2.15. The molecular formula is C12H21N3O2S. The predicted molar refractivity (Wildman–Crippen MR) is 74.1 cm³/mol. The Morgan fingerprint density at radius 1 is 1.17 bits per heavy atom. The molecule has 1 aromatic carbocycles. The van der Waals surface area contributed by atoms with Crippen molar-refractivity contribution in [3.63, 3.8) is 0 Å². The Labute approximate surface area is 109 Å². The Morgan fingerprint density at radius 2 is 1.89 bits per heavy atom. The monoisotopic (exact) mass is 271 g/mol. The van der Waals surface area contributed by atoms with E-state index in [1.54, 1.807) is 18.2 Å². The van der Waals surface area contributed by atoms with Gasteiger partial charge in [0.15, 0.2) is 0 Å². The fourth-order valence-electron chi connectivity index (χ4n) is 1.63. The summed E-state index contributed by atoms with van der Waals surface area (Å²) in [6, 6.07) is 6.89. The third-order valence-corrected chi connectivity index (χ3v) is 4.11. The van der Waals surface area contributed by atoms with Crippen LogP contribution in [0.1, 0.15) is 19.3 Å². The summed E-state index contributed by atoms with van der Waals surface area (Å²) in [6.45, 7) is 1.45. The van der Waals surface area contributed by atoms with Gasteiger partial charge >= 0.3 is 0 Å². The van der Waals surface area contributed by atoms with E-state index >= 15 is 0 Å². The van der Waals surface area contributed by atoms with Crippen molar-refractivity contribution in [2.24, 2.45) is 5.73 Å². The number of anilines is 1. The van der Waals surface area contributed by atoms with Crippen molar-refractivity contribution >= 4 is 15.7 Å². The van der Waals surface area contributed by atoms with E-state index in [4.69, 9.17) is 5.73 Å². The topological polar surface area (TPSA) is 84.2 Å². The number of hydrogen-bond donors (Lipinski definition) is 3. The molecule has 5 nitrogen and oxygen atoms in total. The van der Waals surface area contributed by atoms with Crippen LogP contribution in [0.4, 0.5) is 5.69 Å². The lowest BCUT2D eigenvalue weighted by Crippen LogP contribution is -2.20. The Hall–Kier alpha value is -1.11. The summed E-state index contributed by atoms with van der Waals surface area (Å²) in [5.74, 6) is 0. The van der Waals surface area contributed by atoms with Crippen LogP contribution in [0.5, 0.6) is 0 Å². The second-order valence-corrected chi connectivity index (χ2v) is 5.83. The number of unbranched alkanes of at least 4 members (excludes halogenated alkanes) is 2. The van der Waals surface area contributed by atoms with Gasteiger partial charge in [-0.05, 0) is 38.6 Å². The first-order valence-corrected chi connectivity index (χ1v) is 7.56. The molecule has 0 saturated carbocycles. The molecule has 1 aromatic rings. The highest BCUT2D eigenvalue weighted by Crippen LogP contribution is 2.20. The molecule has 0 unspecified atom stereocenters. The summed E-state index contributed by atoms with van der Waals surface area (Å²) < 4.78 is 25.9. The molecule has 0 fully saturated rings. The number of hydrogen-bond acceptors (Lipinski definition) is 4. The smallest absolute Gasteiger partial charge is 0.242 e. The minimum absolute atomic E-state index is 0.284. The Bertz CT molecular complexity index is 460. The van der Waals surface area contributed by atoms with E-state index in [1.165, 1.54) is 7.05 Å². The van der Waals surface area contributed by atoms with Gasteiger partial charge in [0.25, 0.3) is 0 Å². The molecule has 0 aliphatic heterocycles. The summed E-state index contributed by atoms with van der Waals surface area (Å²) in [5.41, 5.74) is 6.05. The standard InChI is InChI=1S/C12H21N3O2S/c1-14-18(16,17)12-8-4-3-7-11(12)15-10-6-2-5-9-13/h3-4,7-8,14-15H,2,5-6,9-10,13H2,1H3. The molecular weight excluding hydrogens is 250 g/mol. The van der Waals surface area contributed by atoms with Crippen molar-refractivity contribution in [1.82, 2.24) is 4.72 Å². The van der Waals surface area contributed by atoms with Gasteiger partial charge in [-0.1, -0.05) is 18.6 Å². The summed E-state index contributed by atoms with van der Waals surface area (Å²) in [4.78, 5) is 0.284. The molecule has 0 heterocycles. The van der Waals surface area contributed by atoms with Crippen molar-refractivity contribution in [3.8, 4) is 0 Å². The van der Waals surface area contributed by atoms with Gasteiger partial charge in [0.2, 0.25) is 10.0 Å². The lowest BCUT2D eigenvalue weighted by molar-refractivity contribution is 0.588. The van der Waals surface area contributed by atoms with Crippen LogP contribution in [-0.4, -0.2) is 28.6 Å². The molecule has 4 N–H and O–H groups in total. The Balaban J connectivity index is 2.66. The quantitative estimate of drug-likeness (QED) is 0.619. The molecule has 0 aliphatic carbocycles. The fraction of sp³-hybridized carbons (Fsp3) is 0.500. The number of para-hydroxylation sites is 1. The molecule has 0 spiro atoms. The number of rotatable bonds is 8. The molecule has 18 heavy (non-hydrogen) atoms. The summed E-state index contributed by atoms with van der Waals surface area (Å²) in [6.07, 6.45) is 3.02. The molecule has 0 aromatic heterocycles. The highest BCUT2D eigenvalue weighted by molar-refractivity contribution is 7.89. The zero-order chi connectivity index (χ0) is 13.4. The minimum atomic E-state index is -3.41. The maximum Gasteiger partial charge on any atom is 0.242 e. The van der Waals surface area contributed by atoms with Crippen LogP contribution in [0.15, 0.2) is 29.2 Å². The van der Waals surface area contributed by atoms with Crippen LogP contribution < -0.4 is 15.8 Å². The molecule has 0 amide bonds. The molecule has 0 radical (unpaired) electrons. The first-order chi connectivity index (χ1) is 8.61. The zero-order valence-corrected chi connectivity index (χ0v) is 11.5. The second-order valence-electron chi connectivity index (χ2n) is 3.98. The number of sulfonamides is 1. The van der Waals surface area contributed by atoms with E-state index in [0.29, 0.717) is 12.2 Å². The van der Waals surface area contributed by atoms with Crippen LogP contribution in [0.3, 0.4) is 0 Å².